The van der Waals surface area contributed by atoms with Gasteiger partial charge in [-0.15, -0.1) is 16.7 Å². The van der Waals surface area contributed by atoms with Gasteiger partial charge in [0.25, 0.3) is 0 Å². The third-order valence-electron chi connectivity index (χ3n) is 1.81. The Bertz CT molecular complexity index is 385. The first-order chi connectivity index (χ1) is 8.22. The zero-order valence-corrected chi connectivity index (χ0v) is 10.1. The quantitative estimate of drug-likeness (QED) is 0.264. The number of nitrogens with two attached hydrogens (primary N) is 2. The average Bonchev–Trinajstić information content (AvgIpc) is 2.31. The van der Waals surface area contributed by atoms with Crippen molar-refractivity contribution in [1.29, 1.82) is 0 Å². The van der Waals surface area contributed by atoms with Gasteiger partial charge in [-0.1, -0.05) is 0 Å². The van der Waals surface area contributed by atoms with Gasteiger partial charge >= 0.3 is 0 Å². The van der Waals surface area contributed by atoms with Gasteiger partial charge in [-0.05, 0) is 36.2 Å². The van der Waals surface area contributed by atoms with Crippen LogP contribution in [0.5, 0.6) is 5.75 Å². The Hall–Kier alpha value is -1.75. The van der Waals surface area contributed by atoms with Crippen molar-refractivity contribution < 1.29 is 4.74 Å². The number of nitrogens with zero attached hydrogens (tertiary/aromatic N) is 2. The molecule has 0 aliphatic heterocycles. The Morgan fingerprint density at radius 2 is 2.00 bits per heavy atom. The molecule has 0 amide bonds. The van der Waals surface area contributed by atoms with Crippen molar-refractivity contribution in [3.63, 3.8) is 0 Å². The van der Waals surface area contributed by atoms with Crippen LogP contribution in [0.2, 0.25) is 0 Å². The first kappa shape index (κ1) is 13.3. The van der Waals surface area contributed by atoms with Crippen LogP contribution in [0.1, 0.15) is 12.0 Å². The second-order valence-electron chi connectivity index (χ2n) is 3.23. The van der Waals surface area contributed by atoms with E-state index in [2.05, 4.69) is 10.2 Å². The maximum atomic E-state index is 5.55. The Morgan fingerprint density at radius 3 is 2.59 bits per heavy atom. The fourth-order valence-corrected chi connectivity index (χ4v) is 1.17. The summed E-state index contributed by atoms with van der Waals surface area (Å²) in [5.41, 5.74) is 11.2. The zero-order valence-electron chi connectivity index (χ0n) is 9.34. The minimum Gasteiger partial charge on any atom is -0.494 e. The molecule has 0 saturated heterocycles. The minimum atomic E-state index is -0.0673. The zero-order chi connectivity index (χ0) is 12.5. The molecule has 1 aromatic carbocycles. The number of ether oxygens (including phenoxy) is 1. The Labute approximate surface area is 105 Å². The van der Waals surface area contributed by atoms with E-state index >= 15 is 0 Å². The van der Waals surface area contributed by atoms with Crippen LogP contribution in [0.15, 0.2) is 34.5 Å². The molecule has 0 bridgehead atoms. The molecule has 1 aromatic rings. The number of hydrogen-bond donors (Lipinski definition) is 2. The topological polar surface area (TPSA) is 86.0 Å². The molecule has 0 aliphatic carbocycles. The van der Waals surface area contributed by atoms with Crippen molar-refractivity contribution in [3.05, 3.63) is 29.8 Å². The van der Waals surface area contributed by atoms with E-state index in [0.717, 1.165) is 17.7 Å². The molecule has 6 heteroatoms. The van der Waals surface area contributed by atoms with Gasteiger partial charge in [-0.25, -0.2) is 0 Å². The summed E-state index contributed by atoms with van der Waals surface area (Å²) in [6.45, 7) is 0.616. The van der Waals surface area contributed by atoms with E-state index in [1.807, 2.05) is 24.3 Å². The highest BCUT2D eigenvalue weighted by Gasteiger charge is 1.93. The Morgan fingerprint density at radius 1 is 1.29 bits per heavy atom. The SMILES string of the molecule is NC(N)=NN=Cc1ccc(OCCCCl)cc1. The van der Waals surface area contributed by atoms with E-state index in [4.69, 9.17) is 27.8 Å². The maximum absolute atomic E-state index is 5.55. The molecular weight excluding hydrogens is 240 g/mol. The summed E-state index contributed by atoms with van der Waals surface area (Å²) in [6, 6.07) is 7.43. The van der Waals surface area contributed by atoms with Crippen LogP contribution in [0.3, 0.4) is 0 Å². The van der Waals surface area contributed by atoms with Gasteiger partial charge in [-0.3, -0.25) is 0 Å². The van der Waals surface area contributed by atoms with Gasteiger partial charge < -0.3 is 16.2 Å². The average molecular weight is 255 g/mol. The Kier molecular flexibility index (Phi) is 5.88. The first-order valence-corrected chi connectivity index (χ1v) is 5.66. The van der Waals surface area contributed by atoms with Gasteiger partial charge in [0.15, 0.2) is 0 Å². The largest absolute Gasteiger partial charge is 0.494 e. The van der Waals surface area contributed by atoms with Gasteiger partial charge in [0.05, 0.1) is 12.8 Å². The van der Waals surface area contributed by atoms with E-state index in [1.165, 1.54) is 0 Å². The molecule has 0 unspecified atom stereocenters. The lowest BCUT2D eigenvalue weighted by Crippen LogP contribution is -2.21. The molecule has 92 valence electrons. The molecule has 0 aliphatic rings. The lowest BCUT2D eigenvalue weighted by atomic mass is 10.2. The standard InChI is InChI=1S/C11H15ClN4O/c12-6-1-7-17-10-4-2-9(3-5-10)8-15-16-11(13)14/h2-5,8H,1,6-7H2,(H4,13,14,16). The molecule has 0 heterocycles. The van der Waals surface area contributed by atoms with Gasteiger partial charge in [0.2, 0.25) is 5.96 Å². The smallest absolute Gasteiger partial charge is 0.211 e. The van der Waals surface area contributed by atoms with Crippen LogP contribution in [0, 0.1) is 0 Å². The molecule has 1 rings (SSSR count). The summed E-state index contributed by atoms with van der Waals surface area (Å²) in [4.78, 5) is 0. The number of rotatable bonds is 6. The lowest BCUT2D eigenvalue weighted by molar-refractivity contribution is 0.318. The van der Waals surface area contributed by atoms with Crippen molar-refractivity contribution in [2.75, 3.05) is 12.5 Å². The molecule has 0 spiro atoms. The van der Waals surface area contributed by atoms with Crippen molar-refractivity contribution in [3.8, 4) is 5.75 Å². The molecule has 0 radical (unpaired) electrons. The molecule has 0 saturated carbocycles. The summed E-state index contributed by atoms with van der Waals surface area (Å²) in [7, 11) is 0. The molecule has 0 aromatic heterocycles. The number of halogens is 1. The van der Waals surface area contributed by atoms with Crippen molar-refractivity contribution >= 4 is 23.8 Å². The van der Waals surface area contributed by atoms with Crippen molar-refractivity contribution in [2.24, 2.45) is 21.7 Å². The summed E-state index contributed by atoms with van der Waals surface area (Å²) >= 11 is 5.55. The van der Waals surface area contributed by atoms with E-state index < -0.39 is 0 Å². The third kappa shape index (κ3) is 5.77. The van der Waals surface area contributed by atoms with Crippen LogP contribution in [-0.4, -0.2) is 24.7 Å². The number of alkyl halides is 1. The molecule has 0 fully saturated rings. The molecule has 4 N–H and O–H groups in total. The maximum Gasteiger partial charge on any atom is 0.211 e. The predicted octanol–water partition coefficient (Wildman–Crippen LogP) is 1.30. The molecule has 17 heavy (non-hydrogen) atoms. The molecule has 5 nitrogen and oxygen atoms in total. The summed E-state index contributed by atoms with van der Waals surface area (Å²) in [5.74, 6) is 1.33. The van der Waals surface area contributed by atoms with Crippen LogP contribution in [-0.2, 0) is 0 Å². The highest BCUT2D eigenvalue weighted by atomic mass is 35.5. The fourth-order valence-electron chi connectivity index (χ4n) is 1.06. The van der Waals surface area contributed by atoms with Gasteiger partial charge in [0, 0.05) is 5.88 Å². The monoisotopic (exact) mass is 254 g/mol. The summed E-state index contributed by atoms with van der Waals surface area (Å²) in [5, 5.41) is 7.20. The highest BCUT2D eigenvalue weighted by molar-refractivity contribution is 6.17. The van der Waals surface area contributed by atoms with Crippen molar-refractivity contribution in [2.45, 2.75) is 6.42 Å². The van der Waals surface area contributed by atoms with Crippen LogP contribution in [0.4, 0.5) is 0 Å². The first-order valence-electron chi connectivity index (χ1n) is 5.13. The van der Waals surface area contributed by atoms with Gasteiger partial charge in [-0.2, -0.15) is 5.10 Å². The highest BCUT2D eigenvalue weighted by Crippen LogP contribution is 2.11. The lowest BCUT2D eigenvalue weighted by Gasteiger charge is -2.04. The molecular formula is C11H15ClN4O. The minimum absolute atomic E-state index is 0.0673. The second kappa shape index (κ2) is 7.51. The predicted molar refractivity (Wildman–Crippen MR) is 70.7 cm³/mol. The van der Waals surface area contributed by atoms with E-state index in [0.29, 0.717) is 12.5 Å². The fraction of sp³-hybridized carbons (Fsp3) is 0.273. The van der Waals surface area contributed by atoms with E-state index in [1.54, 1.807) is 6.21 Å². The second-order valence-corrected chi connectivity index (χ2v) is 3.61. The van der Waals surface area contributed by atoms with E-state index in [9.17, 15) is 0 Å². The molecule has 0 atom stereocenters. The number of benzene rings is 1. The van der Waals surface area contributed by atoms with Gasteiger partial charge in [0.1, 0.15) is 5.75 Å². The Balaban J connectivity index is 2.50. The summed E-state index contributed by atoms with van der Waals surface area (Å²) in [6.07, 6.45) is 2.39. The third-order valence-corrected chi connectivity index (χ3v) is 2.07. The normalized spacial score (nSPS) is 10.4. The van der Waals surface area contributed by atoms with Crippen LogP contribution >= 0.6 is 11.6 Å². The summed E-state index contributed by atoms with van der Waals surface area (Å²) < 4.78 is 5.45. The van der Waals surface area contributed by atoms with E-state index in [-0.39, 0.29) is 5.96 Å². The van der Waals surface area contributed by atoms with Crippen molar-refractivity contribution in [1.82, 2.24) is 0 Å². The number of guanidine groups is 1. The van der Waals surface area contributed by atoms with Crippen LogP contribution < -0.4 is 16.2 Å². The van der Waals surface area contributed by atoms with Crippen LogP contribution in [0.25, 0.3) is 0 Å². The number of hydrogen-bond acceptors (Lipinski definition) is 3.